The van der Waals surface area contributed by atoms with Gasteiger partial charge in [0.25, 0.3) is 0 Å². The number of thioether (sulfide) groups is 1. The van der Waals surface area contributed by atoms with E-state index in [-0.39, 0.29) is 5.91 Å². The summed E-state index contributed by atoms with van der Waals surface area (Å²) < 4.78 is 3.31. The predicted octanol–water partition coefficient (Wildman–Crippen LogP) is 3.77. The number of piperidine rings is 1. The molecule has 0 N–H and O–H groups in total. The molecule has 22 heavy (non-hydrogen) atoms. The molecule has 4 nitrogen and oxygen atoms in total. The summed E-state index contributed by atoms with van der Waals surface area (Å²) in [4.78, 5) is 14.1. The molecule has 0 saturated carbocycles. The van der Waals surface area contributed by atoms with E-state index in [2.05, 4.69) is 5.10 Å². The first kappa shape index (κ1) is 15.7. The average Bonchev–Trinajstić information content (AvgIpc) is 2.95. The SMILES string of the molecule is O=C(CSc1nn(-c2ccccc2)c(=S)s1)N1CCCCC1. The number of hydrogen-bond acceptors (Lipinski definition) is 5. The summed E-state index contributed by atoms with van der Waals surface area (Å²) in [5.74, 6) is 0.647. The molecule has 0 atom stereocenters. The Morgan fingerprint density at radius 2 is 1.95 bits per heavy atom. The summed E-state index contributed by atoms with van der Waals surface area (Å²) in [6, 6.07) is 9.84. The lowest BCUT2D eigenvalue weighted by atomic mass is 10.1. The van der Waals surface area contributed by atoms with Gasteiger partial charge in [-0.3, -0.25) is 4.79 Å². The molecule has 1 aliphatic rings. The molecule has 0 spiro atoms. The maximum absolute atomic E-state index is 12.2. The number of benzene rings is 1. The van der Waals surface area contributed by atoms with Crippen molar-refractivity contribution >= 4 is 41.2 Å². The number of rotatable bonds is 4. The van der Waals surface area contributed by atoms with E-state index in [1.54, 1.807) is 4.68 Å². The largest absolute Gasteiger partial charge is 0.342 e. The van der Waals surface area contributed by atoms with Gasteiger partial charge in [-0.05, 0) is 43.6 Å². The van der Waals surface area contributed by atoms with E-state index >= 15 is 0 Å². The number of hydrogen-bond donors (Lipinski definition) is 0. The zero-order chi connectivity index (χ0) is 15.4. The highest BCUT2D eigenvalue weighted by atomic mass is 32.2. The minimum Gasteiger partial charge on any atom is -0.342 e. The summed E-state index contributed by atoms with van der Waals surface area (Å²) in [6.07, 6.45) is 3.48. The Hall–Kier alpha value is -1.18. The lowest BCUT2D eigenvalue weighted by Crippen LogP contribution is -2.36. The van der Waals surface area contributed by atoms with E-state index in [0.29, 0.717) is 9.71 Å². The maximum Gasteiger partial charge on any atom is 0.233 e. The van der Waals surface area contributed by atoms with Crippen molar-refractivity contribution in [3.63, 3.8) is 0 Å². The van der Waals surface area contributed by atoms with Crippen LogP contribution in [-0.4, -0.2) is 39.4 Å². The van der Waals surface area contributed by atoms with E-state index < -0.39 is 0 Å². The standard InChI is InChI=1S/C15H17N3OS3/c19-13(17-9-5-2-6-10-17)11-21-14-16-18(15(20)22-14)12-7-3-1-4-8-12/h1,3-4,7-8H,2,5-6,9-11H2. The van der Waals surface area contributed by atoms with E-state index in [4.69, 9.17) is 12.2 Å². The fourth-order valence-corrected chi connectivity index (χ4v) is 4.67. The minimum atomic E-state index is 0.206. The molecule has 7 heteroatoms. The normalized spacial score (nSPS) is 15.0. The molecule has 116 valence electrons. The van der Waals surface area contributed by atoms with E-state index in [0.717, 1.165) is 36.0 Å². The predicted molar refractivity (Wildman–Crippen MR) is 93.4 cm³/mol. The Morgan fingerprint density at radius 1 is 1.23 bits per heavy atom. The van der Waals surface area contributed by atoms with E-state index in [9.17, 15) is 4.79 Å². The number of para-hydroxylation sites is 1. The summed E-state index contributed by atoms with van der Waals surface area (Å²) >= 11 is 8.31. The summed E-state index contributed by atoms with van der Waals surface area (Å²) in [5.41, 5.74) is 0.956. The molecule has 1 saturated heterocycles. The van der Waals surface area contributed by atoms with E-state index in [1.807, 2.05) is 35.2 Å². The summed E-state index contributed by atoms with van der Waals surface area (Å²) in [6.45, 7) is 1.79. The number of amides is 1. The lowest BCUT2D eigenvalue weighted by molar-refractivity contribution is -0.129. The Morgan fingerprint density at radius 3 is 2.68 bits per heavy atom. The van der Waals surface area contributed by atoms with Gasteiger partial charge >= 0.3 is 0 Å². The van der Waals surface area contributed by atoms with Gasteiger partial charge in [0.15, 0.2) is 8.29 Å². The monoisotopic (exact) mass is 351 g/mol. The van der Waals surface area contributed by atoms with Crippen LogP contribution in [0.5, 0.6) is 0 Å². The number of carbonyl (C=O) groups excluding carboxylic acids is 1. The Bertz CT molecular complexity index is 690. The molecular formula is C15H17N3OS3. The zero-order valence-corrected chi connectivity index (χ0v) is 14.6. The van der Waals surface area contributed by atoms with Gasteiger partial charge in [-0.1, -0.05) is 41.3 Å². The van der Waals surface area contributed by atoms with E-state index in [1.165, 1.54) is 29.5 Å². The first-order valence-corrected chi connectivity index (χ1v) is 9.51. The van der Waals surface area contributed by atoms with Gasteiger partial charge in [0.1, 0.15) is 0 Å². The molecule has 2 aromatic rings. The Balaban J connectivity index is 1.64. The van der Waals surface area contributed by atoms with Crippen molar-refractivity contribution in [2.75, 3.05) is 18.8 Å². The summed E-state index contributed by atoms with van der Waals surface area (Å²) in [5, 5.41) is 4.52. The van der Waals surface area contributed by atoms with Crippen LogP contribution in [0.2, 0.25) is 0 Å². The third kappa shape index (κ3) is 3.77. The molecule has 0 unspecified atom stereocenters. The third-order valence-electron chi connectivity index (χ3n) is 3.56. The fourth-order valence-electron chi connectivity index (χ4n) is 2.41. The molecular weight excluding hydrogens is 334 g/mol. The zero-order valence-electron chi connectivity index (χ0n) is 12.1. The van der Waals surface area contributed by atoms with Gasteiger partial charge in [-0.2, -0.15) is 0 Å². The quantitative estimate of drug-likeness (QED) is 0.621. The van der Waals surface area contributed by atoms with Gasteiger partial charge in [-0.25, -0.2) is 4.68 Å². The molecule has 0 radical (unpaired) electrons. The van der Waals surface area contributed by atoms with Crippen LogP contribution in [0.25, 0.3) is 5.69 Å². The van der Waals surface area contributed by atoms with Crippen molar-refractivity contribution in [3.8, 4) is 5.69 Å². The number of aromatic nitrogens is 2. The van der Waals surface area contributed by atoms with Gasteiger partial charge in [0.2, 0.25) is 5.91 Å². The molecule has 1 amide bonds. The molecule has 3 rings (SSSR count). The molecule has 1 aliphatic heterocycles. The van der Waals surface area contributed by atoms with Crippen LogP contribution < -0.4 is 0 Å². The van der Waals surface area contributed by atoms with Crippen molar-refractivity contribution < 1.29 is 4.79 Å². The van der Waals surface area contributed by atoms with Crippen LogP contribution in [0.1, 0.15) is 19.3 Å². The first-order valence-electron chi connectivity index (χ1n) is 7.30. The van der Waals surface area contributed by atoms with Gasteiger partial charge < -0.3 is 4.90 Å². The number of carbonyl (C=O) groups is 1. The van der Waals surface area contributed by atoms with Crippen LogP contribution in [0.3, 0.4) is 0 Å². The first-order chi connectivity index (χ1) is 10.7. The lowest BCUT2D eigenvalue weighted by Gasteiger charge is -2.26. The van der Waals surface area contributed by atoms with Crippen molar-refractivity contribution in [1.29, 1.82) is 0 Å². The topological polar surface area (TPSA) is 38.1 Å². The van der Waals surface area contributed by atoms with Crippen LogP contribution in [0.4, 0.5) is 0 Å². The van der Waals surface area contributed by atoms with Crippen molar-refractivity contribution in [2.24, 2.45) is 0 Å². The van der Waals surface area contributed by atoms with Gasteiger partial charge in [0.05, 0.1) is 11.4 Å². The fraction of sp³-hybridized carbons (Fsp3) is 0.400. The minimum absolute atomic E-state index is 0.206. The second-order valence-electron chi connectivity index (χ2n) is 5.11. The third-order valence-corrected chi connectivity index (χ3v) is 5.91. The van der Waals surface area contributed by atoms with Crippen molar-refractivity contribution in [3.05, 3.63) is 34.3 Å². The smallest absolute Gasteiger partial charge is 0.233 e. The second kappa shape index (κ2) is 7.39. The van der Waals surface area contributed by atoms with Crippen molar-refractivity contribution in [2.45, 2.75) is 23.6 Å². The highest BCUT2D eigenvalue weighted by Gasteiger charge is 2.17. The highest BCUT2D eigenvalue weighted by molar-refractivity contribution is 8.01. The highest BCUT2D eigenvalue weighted by Crippen LogP contribution is 2.24. The molecule has 1 aromatic heterocycles. The van der Waals surface area contributed by atoms with Crippen LogP contribution in [-0.2, 0) is 4.79 Å². The Labute approximate surface area is 143 Å². The van der Waals surface area contributed by atoms with Crippen LogP contribution in [0.15, 0.2) is 34.7 Å². The van der Waals surface area contributed by atoms with Gasteiger partial charge in [-0.15, -0.1) is 5.10 Å². The van der Waals surface area contributed by atoms with Crippen molar-refractivity contribution in [1.82, 2.24) is 14.7 Å². The van der Waals surface area contributed by atoms with Crippen LogP contribution >= 0.6 is 35.3 Å². The summed E-state index contributed by atoms with van der Waals surface area (Å²) in [7, 11) is 0. The average molecular weight is 352 g/mol. The number of likely N-dealkylation sites (tertiary alicyclic amines) is 1. The second-order valence-corrected chi connectivity index (χ2v) is 7.96. The number of nitrogens with zero attached hydrogens (tertiary/aromatic N) is 3. The molecule has 0 bridgehead atoms. The molecule has 1 fully saturated rings. The van der Waals surface area contributed by atoms with Gasteiger partial charge in [0, 0.05) is 13.1 Å². The van der Waals surface area contributed by atoms with Crippen LogP contribution in [0, 0.1) is 3.95 Å². The molecule has 1 aromatic carbocycles. The maximum atomic E-state index is 12.2. The molecule has 2 heterocycles. The Kier molecular flexibility index (Phi) is 5.28. The molecule has 0 aliphatic carbocycles.